The molecule has 0 atom stereocenters. The summed E-state index contributed by atoms with van der Waals surface area (Å²) in [6, 6.07) is 18.9. The Bertz CT molecular complexity index is 985. The van der Waals surface area contributed by atoms with Gasteiger partial charge in [-0.15, -0.1) is 11.8 Å². The number of rotatable bonds is 5. The zero-order chi connectivity index (χ0) is 20.1. The number of halogens is 1. The van der Waals surface area contributed by atoms with Crippen molar-refractivity contribution in [2.24, 2.45) is 0 Å². The smallest absolute Gasteiger partial charge is 0.271 e. The Kier molecular flexibility index (Phi) is 6.44. The number of nitrogens with one attached hydrogen (secondary N) is 2. The SMILES string of the molecule is Cc1cc(C(=O)NNC(=O)CSc2ccc(Cl)cc2)c(C)n1-c1ccccc1. The molecule has 5 nitrogen and oxygen atoms in total. The van der Waals surface area contributed by atoms with Crippen molar-refractivity contribution in [3.63, 3.8) is 0 Å². The third-order valence-electron chi connectivity index (χ3n) is 4.19. The molecule has 0 saturated carbocycles. The van der Waals surface area contributed by atoms with Gasteiger partial charge in [-0.2, -0.15) is 0 Å². The van der Waals surface area contributed by atoms with Crippen LogP contribution in [-0.2, 0) is 4.79 Å². The molecule has 2 amide bonds. The largest absolute Gasteiger partial charge is 0.318 e. The number of aryl methyl sites for hydroxylation is 1. The highest BCUT2D eigenvalue weighted by Crippen LogP contribution is 2.21. The van der Waals surface area contributed by atoms with Crippen LogP contribution in [0.5, 0.6) is 0 Å². The molecule has 2 aromatic carbocycles. The van der Waals surface area contributed by atoms with Crippen molar-refractivity contribution >= 4 is 35.2 Å². The van der Waals surface area contributed by atoms with E-state index in [2.05, 4.69) is 10.9 Å². The highest BCUT2D eigenvalue weighted by Gasteiger charge is 2.17. The van der Waals surface area contributed by atoms with Crippen LogP contribution in [0, 0.1) is 13.8 Å². The highest BCUT2D eigenvalue weighted by molar-refractivity contribution is 8.00. The lowest BCUT2D eigenvalue weighted by molar-refractivity contribution is -0.119. The first-order valence-corrected chi connectivity index (χ1v) is 10.0. The summed E-state index contributed by atoms with van der Waals surface area (Å²) in [5.41, 5.74) is 8.21. The maximum absolute atomic E-state index is 12.5. The molecule has 3 aromatic rings. The molecule has 28 heavy (non-hydrogen) atoms. The van der Waals surface area contributed by atoms with Crippen molar-refractivity contribution in [3.05, 3.63) is 82.6 Å². The maximum atomic E-state index is 12.5. The van der Waals surface area contributed by atoms with Crippen molar-refractivity contribution in [1.29, 1.82) is 0 Å². The predicted octanol–water partition coefficient (Wildman–Crippen LogP) is 4.30. The third-order valence-corrected chi connectivity index (χ3v) is 5.45. The molecule has 1 heterocycles. The van der Waals surface area contributed by atoms with E-state index in [4.69, 9.17) is 11.6 Å². The quantitative estimate of drug-likeness (QED) is 0.484. The van der Waals surface area contributed by atoms with Crippen LogP contribution < -0.4 is 10.9 Å². The van der Waals surface area contributed by atoms with Crippen LogP contribution in [0.15, 0.2) is 65.6 Å². The minimum Gasteiger partial charge on any atom is -0.318 e. The average Bonchev–Trinajstić information content (AvgIpc) is 3.00. The van der Waals surface area contributed by atoms with Gasteiger partial charge >= 0.3 is 0 Å². The Balaban J connectivity index is 1.59. The highest BCUT2D eigenvalue weighted by atomic mass is 35.5. The Morgan fingerprint density at radius 2 is 1.68 bits per heavy atom. The second-order valence-electron chi connectivity index (χ2n) is 6.20. The predicted molar refractivity (Wildman–Crippen MR) is 113 cm³/mol. The van der Waals surface area contributed by atoms with Gasteiger partial charge in [0.25, 0.3) is 5.91 Å². The lowest BCUT2D eigenvalue weighted by Crippen LogP contribution is -2.42. The molecule has 0 fully saturated rings. The number of hydrogen-bond donors (Lipinski definition) is 2. The van der Waals surface area contributed by atoms with Gasteiger partial charge in [0, 0.05) is 27.0 Å². The van der Waals surface area contributed by atoms with Gasteiger partial charge in [0.1, 0.15) is 0 Å². The Morgan fingerprint density at radius 1 is 1.00 bits per heavy atom. The minimum atomic E-state index is -0.347. The van der Waals surface area contributed by atoms with Gasteiger partial charge in [0.2, 0.25) is 5.91 Å². The topological polar surface area (TPSA) is 63.1 Å². The van der Waals surface area contributed by atoms with Gasteiger partial charge in [-0.3, -0.25) is 20.4 Å². The number of thioether (sulfide) groups is 1. The monoisotopic (exact) mass is 413 g/mol. The van der Waals surface area contributed by atoms with E-state index in [0.29, 0.717) is 10.6 Å². The normalized spacial score (nSPS) is 10.5. The van der Waals surface area contributed by atoms with Gasteiger partial charge in [-0.05, 0) is 56.3 Å². The fraction of sp³-hybridized carbons (Fsp3) is 0.143. The van der Waals surface area contributed by atoms with E-state index in [-0.39, 0.29) is 17.6 Å². The van der Waals surface area contributed by atoms with Crippen molar-refractivity contribution in [2.45, 2.75) is 18.7 Å². The number of aromatic nitrogens is 1. The standard InChI is InChI=1S/C21H20ClN3O2S/c1-14-12-19(15(2)25(14)17-6-4-3-5-7-17)21(27)24-23-20(26)13-28-18-10-8-16(22)9-11-18/h3-12H,13H2,1-2H3,(H,23,26)(H,24,27). The molecular formula is C21H20ClN3O2S. The van der Waals surface area contributed by atoms with E-state index in [1.807, 2.05) is 66.9 Å². The second-order valence-corrected chi connectivity index (χ2v) is 7.69. The summed E-state index contributed by atoms with van der Waals surface area (Å²) >= 11 is 7.21. The van der Waals surface area contributed by atoms with Crippen LogP contribution in [0.25, 0.3) is 5.69 Å². The van der Waals surface area contributed by atoms with Crippen LogP contribution in [0.2, 0.25) is 5.02 Å². The molecule has 0 radical (unpaired) electrons. The van der Waals surface area contributed by atoms with Crippen molar-refractivity contribution in [2.75, 3.05) is 5.75 Å². The van der Waals surface area contributed by atoms with Gasteiger partial charge in [0.05, 0.1) is 11.3 Å². The second kappa shape index (κ2) is 8.99. The summed E-state index contributed by atoms with van der Waals surface area (Å²) < 4.78 is 2.01. The number of hydrogen-bond acceptors (Lipinski definition) is 3. The Morgan fingerprint density at radius 3 is 2.36 bits per heavy atom. The molecule has 0 aliphatic heterocycles. The van der Waals surface area contributed by atoms with Gasteiger partial charge < -0.3 is 4.57 Å². The molecule has 144 valence electrons. The van der Waals surface area contributed by atoms with Gasteiger partial charge in [0.15, 0.2) is 0 Å². The minimum absolute atomic E-state index is 0.185. The number of hydrazine groups is 1. The third kappa shape index (κ3) is 4.77. The first-order valence-electron chi connectivity index (χ1n) is 8.67. The molecule has 3 rings (SSSR count). The summed E-state index contributed by atoms with van der Waals surface area (Å²) in [5.74, 6) is -0.449. The van der Waals surface area contributed by atoms with E-state index >= 15 is 0 Å². The van der Waals surface area contributed by atoms with Crippen LogP contribution in [0.4, 0.5) is 0 Å². The number of para-hydroxylation sites is 1. The summed E-state index contributed by atoms with van der Waals surface area (Å²) in [4.78, 5) is 25.5. The molecule has 7 heteroatoms. The Labute approximate surface area is 173 Å². The van der Waals surface area contributed by atoms with E-state index in [0.717, 1.165) is 22.0 Å². The number of carbonyl (C=O) groups excluding carboxylic acids is 2. The van der Waals surface area contributed by atoms with Crippen LogP contribution in [0.3, 0.4) is 0 Å². The summed E-state index contributed by atoms with van der Waals surface area (Å²) in [6.45, 7) is 3.82. The van der Waals surface area contributed by atoms with E-state index < -0.39 is 0 Å². The van der Waals surface area contributed by atoms with Crippen LogP contribution in [-0.4, -0.2) is 22.1 Å². The summed E-state index contributed by atoms with van der Waals surface area (Å²) in [7, 11) is 0. The molecule has 0 aliphatic carbocycles. The maximum Gasteiger partial charge on any atom is 0.271 e. The van der Waals surface area contributed by atoms with E-state index in [1.165, 1.54) is 11.8 Å². The van der Waals surface area contributed by atoms with Gasteiger partial charge in [-0.25, -0.2) is 0 Å². The zero-order valence-electron chi connectivity index (χ0n) is 15.5. The lowest BCUT2D eigenvalue weighted by atomic mass is 10.2. The van der Waals surface area contributed by atoms with Crippen molar-refractivity contribution in [3.8, 4) is 5.69 Å². The molecule has 1 aromatic heterocycles. The average molecular weight is 414 g/mol. The molecule has 0 unspecified atom stereocenters. The molecule has 0 aliphatic rings. The Hall–Kier alpha value is -2.70. The molecule has 0 bridgehead atoms. The van der Waals surface area contributed by atoms with E-state index in [9.17, 15) is 9.59 Å². The first kappa shape index (κ1) is 20.0. The number of nitrogens with zero attached hydrogens (tertiary/aromatic N) is 1. The van der Waals surface area contributed by atoms with Crippen LogP contribution >= 0.6 is 23.4 Å². The van der Waals surface area contributed by atoms with Gasteiger partial charge in [-0.1, -0.05) is 29.8 Å². The fourth-order valence-corrected chi connectivity index (χ4v) is 3.70. The van der Waals surface area contributed by atoms with E-state index in [1.54, 1.807) is 12.1 Å². The molecule has 0 spiro atoms. The fourth-order valence-electron chi connectivity index (χ4n) is 2.88. The number of carbonyl (C=O) groups is 2. The number of amides is 2. The lowest BCUT2D eigenvalue weighted by Gasteiger charge is -2.10. The van der Waals surface area contributed by atoms with Crippen molar-refractivity contribution in [1.82, 2.24) is 15.4 Å². The summed E-state index contributed by atoms with van der Waals surface area (Å²) in [5, 5.41) is 0.647. The first-order chi connectivity index (χ1) is 13.5. The molecular weight excluding hydrogens is 394 g/mol. The van der Waals surface area contributed by atoms with Crippen molar-refractivity contribution < 1.29 is 9.59 Å². The number of benzene rings is 2. The molecule has 0 saturated heterocycles. The zero-order valence-corrected chi connectivity index (χ0v) is 17.1. The molecule has 2 N–H and O–H groups in total. The summed E-state index contributed by atoms with van der Waals surface area (Å²) in [6.07, 6.45) is 0. The van der Waals surface area contributed by atoms with Crippen LogP contribution in [0.1, 0.15) is 21.7 Å².